The number of nitrogens with zero attached hydrogens (tertiary/aromatic N) is 1. The predicted molar refractivity (Wildman–Crippen MR) is 71.7 cm³/mol. The van der Waals surface area contributed by atoms with Crippen LogP contribution in [0, 0.1) is 6.92 Å². The van der Waals surface area contributed by atoms with Crippen molar-refractivity contribution >= 4 is 22.5 Å². The molecule has 0 spiro atoms. The minimum absolute atomic E-state index is 0.643. The maximum absolute atomic E-state index is 5.94. The van der Waals surface area contributed by atoms with Gasteiger partial charge in [0.15, 0.2) is 0 Å². The molecule has 0 aliphatic rings. The number of aromatic nitrogens is 1. The number of aryl methyl sites for hydroxylation is 1. The Kier molecular flexibility index (Phi) is 3.31. The maximum atomic E-state index is 5.94. The fraction of sp³-hybridized carbons (Fsp3) is 0.154. The molecule has 3 nitrogen and oxygen atoms in total. The van der Waals surface area contributed by atoms with Crippen LogP contribution in [-0.4, -0.2) is 4.98 Å². The Morgan fingerprint density at radius 2 is 2.24 bits per heavy atom. The number of allylic oxidation sites excluding steroid dienone is 1. The number of hydrogen-bond donors (Lipinski definition) is 2. The summed E-state index contributed by atoms with van der Waals surface area (Å²) in [4.78, 5) is 4.33. The molecule has 1 heterocycles. The van der Waals surface area contributed by atoms with Crippen molar-refractivity contribution in [2.75, 3.05) is 0 Å². The van der Waals surface area contributed by atoms with Crippen LogP contribution in [-0.2, 0) is 6.42 Å². The number of hydrazine groups is 1. The molecule has 0 saturated carbocycles. The highest BCUT2D eigenvalue weighted by Gasteiger charge is 2.04. The Morgan fingerprint density at radius 3 is 2.94 bits per heavy atom. The molecule has 3 N–H and O–H groups in total. The van der Waals surface area contributed by atoms with Gasteiger partial charge in [-0.25, -0.2) is 0 Å². The quantitative estimate of drug-likeness (QED) is 0.648. The maximum Gasteiger partial charge on any atom is 0.0732 e. The number of nitrogens with one attached hydrogen (secondary N) is 1. The summed E-state index contributed by atoms with van der Waals surface area (Å²) in [5.41, 5.74) is 6.57. The largest absolute Gasteiger partial charge is 0.329 e. The summed E-state index contributed by atoms with van der Waals surface area (Å²) >= 11 is 5.94. The Morgan fingerprint density at radius 1 is 1.47 bits per heavy atom. The molecule has 0 fully saturated rings. The van der Waals surface area contributed by atoms with Crippen LogP contribution < -0.4 is 11.3 Å². The van der Waals surface area contributed by atoms with Gasteiger partial charge in [0.05, 0.1) is 10.5 Å². The van der Waals surface area contributed by atoms with Crippen molar-refractivity contribution < 1.29 is 0 Å². The first-order valence-electron chi connectivity index (χ1n) is 5.29. The first-order chi connectivity index (χ1) is 8.10. The zero-order valence-electron chi connectivity index (χ0n) is 9.63. The molecule has 17 heavy (non-hydrogen) atoms. The lowest BCUT2D eigenvalue weighted by Gasteiger charge is -2.08. The molecule has 0 saturated heterocycles. The van der Waals surface area contributed by atoms with Crippen LogP contribution in [0.3, 0.4) is 0 Å². The SMILES string of the molecule is C=C(Cc1cc(C)c2ncc(Cl)cc2c1)NN. The minimum Gasteiger partial charge on any atom is -0.329 e. The number of fused-ring (bicyclic) bond motifs is 1. The molecule has 2 aromatic rings. The van der Waals surface area contributed by atoms with E-state index in [1.165, 1.54) is 0 Å². The van der Waals surface area contributed by atoms with Crippen molar-refractivity contribution in [3.8, 4) is 0 Å². The Balaban J connectivity index is 2.50. The Hall–Kier alpha value is -1.58. The highest BCUT2D eigenvalue weighted by molar-refractivity contribution is 6.31. The van der Waals surface area contributed by atoms with Crippen LogP contribution in [0.25, 0.3) is 10.9 Å². The minimum atomic E-state index is 0.643. The van der Waals surface area contributed by atoms with Gasteiger partial charge in [-0.15, -0.1) is 0 Å². The molecule has 0 aliphatic carbocycles. The van der Waals surface area contributed by atoms with Gasteiger partial charge in [-0.3, -0.25) is 10.8 Å². The lowest BCUT2D eigenvalue weighted by molar-refractivity contribution is 0.847. The lowest BCUT2D eigenvalue weighted by atomic mass is 10.0. The Bertz CT molecular complexity index is 578. The fourth-order valence-electron chi connectivity index (χ4n) is 1.88. The number of benzene rings is 1. The number of nitrogens with two attached hydrogens (primary N) is 1. The first-order valence-corrected chi connectivity index (χ1v) is 5.67. The van der Waals surface area contributed by atoms with Crippen LogP contribution in [0.1, 0.15) is 11.1 Å². The molecule has 0 radical (unpaired) electrons. The molecule has 0 atom stereocenters. The second kappa shape index (κ2) is 4.73. The average Bonchev–Trinajstić information content (AvgIpc) is 2.28. The van der Waals surface area contributed by atoms with Gasteiger partial charge in [-0.1, -0.05) is 24.2 Å². The smallest absolute Gasteiger partial charge is 0.0732 e. The molecule has 2 rings (SSSR count). The molecule has 4 heteroatoms. The summed E-state index contributed by atoms with van der Waals surface area (Å²) in [5.74, 6) is 5.31. The molecule has 1 aromatic carbocycles. The molecule has 0 amide bonds. The number of rotatable bonds is 3. The average molecular weight is 248 g/mol. The second-order valence-electron chi connectivity index (χ2n) is 4.06. The summed E-state index contributed by atoms with van der Waals surface area (Å²) in [6.07, 6.45) is 2.36. The molecule has 1 aromatic heterocycles. The molecule has 88 valence electrons. The van der Waals surface area contributed by atoms with Gasteiger partial charge in [0, 0.05) is 23.7 Å². The normalized spacial score (nSPS) is 10.5. The van der Waals surface area contributed by atoms with Crippen LogP contribution in [0.5, 0.6) is 0 Å². The van der Waals surface area contributed by atoms with Gasteiger partial charge in [0.1, 0.15) is 0 Å². The summed E-state index contributed by atoms with van der Waals surface area (Å²) in [7, 11) is 0. The molecule has 0 aliphatic heterocycles. The van der Waals surface area contributed by atoms with E-state index in [-0.39, 0.29) is 0 Å². The van der Waals surface area contributed by atoms with E-state index in [1.54, 1.807) is 6.20 Å². The first kappa shape index (κ1) is 11.9. The van der Waals surface area contributed by atoms with E-state index in [0.29, 0.717) is 11.4 Å². The van der Waals surface area contributed by atoms with Crippen molar-refractivity contribution in [1.29, 1.82) is 0 Å². The van der Waals surface area contributed by atoms with Crippen LogP contribution in [0.4, 0.5) is 0 Å². The van der Waals surface area contributed by atoms with Crippen LogP contribution >= 0.6 is 11.6 Å². The number of halogens is 1. The predicted octanol–water partition coefficient (Wildman–Crippen LogP) is 2.72. The summed E-state index contributed by atoms with van der Waals surface area (Å²) in [5, 5.41) is 1.68. The standard InChI is InChI=1S/C13H14ClN3/c1-8-3-10(4-9(2)17-15)5-11-6-12(14)7-16-13(8)11/h3,5-7,17H,2,4,15H2,1H3. The van der Waals surface area contributed by atoms with Gasteiger partial charge in [0.2, 0.25) is 0 Å². The van der Waals surface area contributed by atoms with Crippen molar-refractivity contribution in [2.24, 2.45) is 5.84 Å². The summed E-state index contributed by atoms with van der Waals surface area (Å²) in [6.45, 7) is 5.85. The number of pyridine rings is 1. The Labute approximate surface area is 105 Å². The third kappa shape index (κ3) is 2.57. The van der Waals surface area contributed by atoms with Gasteiger partial charge >= 0.3 is 0 Å². The van der Waals surface area contributed by atoms with Gasteiger partial charge in [-0.2, -0.15) is 0 Å². The summed E-state index contributed by atoms with van der Waals surface area (Å²) < 4.78 is 0. The highest BCUT2D eigenvalue weighted by Crippen LogP contribution is 2.22. The fourth-order valence-corrected chi connectivity index (χ4v) is 2.05. The van der Waals surface area contributed by atoms with Crippen LogP contribution in [0.2, 0.25) is 5.02 Å². The third-order valence-corrected chi connectivity index (χ3v) is 2.83. The van der Waals surface area contributed by atoms with E-state index in [1.807, 2.05) is 13.0 Å². The number of hydrogen-bond acceptors (Lipinski definition) is 3. The monoisotopic (exact) mass is 247 g/mol. The molecular formula is C13H14ClN3. The summed E-state index contributed by atoms with van der Waals surface area (Å²) in [6, 6.07) is 6.06. The molecular weight excluding hydrogens is 234 g/mol. The van der Waals surface area contributed by atoms with E-state index in [9.17, 15) is 0 Å². The van der Waals surface area contributed by atoms with Gasteiger partial charge < -0.3 is 5.43 Å². The molecule has 0 bridgehead atoms. The van der Waals surface area contributed by atoms with E-state index < -0.39 is 0 Å². The zero-order chi connectivity index (χ0) is 12.4. The lowest BCUT2D eigenvalue weighted by Crippen LogP contribution is -2.21. The van der Waals surface area contributed by atoms with Crippen molar-refractivity contribution in [3.63, 3.8) is 0 Å². The van der Waals surface area contributed by atoms with Gasteiger partial charge in [-0.05, 0) is 30.2 Å². The zero-order valence-corrected chi connectivity index (χ0v) is 10.4. The van der Waals surface area contributed by atoms with Gasteiger partial charge in [0.25, 0.3) is 0 Å². The van der Waals surface area contributed by atoms with Crippen molar-refractivity contribution in [1.82, 2.24) is 10.4 Å². The highest BCUT2D eigenvalue weighted by atomic mass is 35.5. The molecule has 0 unspecified atom stereocenters. The topological polar surface area (TPSA) is 50.9 Å². The van der Waals surface area contributed by atoms with E-state index in [4.69, 9.17) is 17.4 Å². The van der Waals surface area contributed by atoms with E-state index >= 15 is 0 Å². The third-order valence-electron chi connectivity index (χ3n) is 2.62. The van der Waals surface area contributed by atoms with Crippen LogP contribution in [0.15, 0.2) is 36.7 Å². The van der Waals surface area contributed by atoms with E-state index in [2.05, 4.69) is 29.1 Å². The van der Waals surface area contributed by atoms with E-state index in [0.717, 1.165) is 27.7 Å². The van der Waals surface area contributed by atoms with Crippen molar-refractivity contribution in [3.05, 3.63) is 52.8 Å². The second-order valence-corrected chi connectivity index (χ2v) is 4.50. The van der Waals surface area contributed by atoms with Crippen molar-refractivity contribution in [2.45, 2.75) is 13.3 Å².